The zero-order valence-corrected chi connectivity index (χ0v) is 19.5. The van der Waals surface area contributed by atoms with Crippen molar-refractivity contribution in [3.63, 3.8) is 0 Å². The molecule has 2 N–H and O–H groups in total. The van der Waals surface area contributed by atoms with Crippen molar-refractivity contribution in [1.29, 1.82) is 0 Å². The van der Waals surface area contributed by atoms with E-state index in [2.05, 4.69) is 15.4 Å². The van der Waals surface area contributed by atoms with Crippen LogP contribution in [0.4, 0.5) is 4.39 Å². The second kappa shape index (κ2) is 9.52. The van der Waals surface area contributed by atoms with E-state index in [0.717, 1.165) is 35.9 Å². The number of hydrogen-bond acceptors (Lipinski definition) is 6. The summed E-state index contributed by atoms with van der Waals surface area (Å²) in [6, 6.07) is 7.76. The number of nitrogens with one attached hydrogen (secondary N) is 1. The Morgan fingerprint density at radius 1 is 1.18 bits per heavy atom. The molecule has 1 aromatic carbocycles. The summed E-state index contributed by atoms with van der Waals surface area (Å²) in [5, 5.41) is 19.3. The van der Waals surface area contributed by atoms with E-state index in [1.807, 2.05) is 11.6 Å². The molecule has 5 rings (SSSR count). The number of thiophene rings is 1. The summed E-state index contributed by atoms with van der Waals surface area (Å²) in [5.41, 5.74) is 2.26. The summed E-state index contributed by atoms with van der Waals surface area (Å²) in [7, 11) is 1.80. The zero-order valence-electron chi connectivity index (χ0n) is 18.7. The van der Waals surface area contributed by atoms with E-state index in [0.29, 0.717) is 23.3 Å². The van der Waals surface area contributed by atoms with E-state index in [-0.39, 0.29) is 23.4 Å². The van der Waals surface area contributed by atoms with E-state index < -0.39 is 11.9 Å². The lowest BCUT2D eigenvalue weighted by atomic mass is 10.1. The minimum absolute atomic E-state index is 0.0547. The van der Waals surface area contributed by atoms with E-state index in [1.54, 1.807) is 36.1 Å². The van der Waals surface area contributed by atoms with Crippen molar-refractivity contribution in [3.05, 3.63) is 59.6 Å². The molecule has 2 atom stereocenters. The maximum Gasteiger partial charge on any atom is 0.270 e. The molecule has 0 radical (unpaired) electrons. The molecule has 0 bridgehead atoms. The first-order valence-electron chi connectivity index (χ1n) is 11.3. The molecule has 176 valence electrons. The zero-order chi connectivity index (χ0) is 23.7. The summed E-state index contributed by atoms with van der Waals surface area (Å²) in [6.45, 7) is 0. The van der Waals surface area contributed by atoms with Crippen LogP contribution in [0.1, 0.15) is 42.6 Å². The molecule has 0 spiro atoms. The van der Waals surface area contributed by atoms with Crippen LogP contribution < -0.4 is 10.1 Å². The Morgan fingerprint density at radius 3 is 2.82 bits per heavy atom. The van der Waals surface area contributed by atoms with Crippen molar-refractivity contribution in [2.45, 2.75) is 44.2 Å². The number of hydrogen-bond donors (Lipinski definition) is 2. The van der Waals surface area contributed by atoms with Crippen molar-refractivity contribution in [2.75, 3.05) is 0 Å². The summed E-state index contributed by atoms with van der Waals surface area (Å²) in [6.07, 6.45) is 7.27. The monoisotopic (exact) mass is 480 g/mol. The number of aliphatic hydroxyl groups excluding tert-OH is 1. The number of carbonyl (C=O) groups excluding carboxylic acids is 1. The topological polar surface area (TPSA) is 89.3 Å². The highest BCUT2D eigenvalue weighted by Gasteiger charge is 2.25. The van der Waals surface area contributed by atoms with Crippen molar-refractivity contribution < 1.29 is 19.0 Å². The number of aromatic nitrogens is 3. The first kappa shape index (κ1) is 22.5. The van der Waals surface area contributed by atoms with Gasteiger partial charge in [-0.25, -0.2) is 9.37 Å². The van der Waals surface area contributed by atoms with E-state index >= 15 is 0 Å². The fraction of sp³-hybridized carbons (Fsp3) is 0.320. The quantitative estimate of drug-likeness (QED) is 0.390. The normalized spacial score (nSPS) is 18.6. The van der Waals surface area contributed by atoms with Gasteiger partial charge >= 0.3 is 0 Å². The van der Waals surface area contributed by atoms with Gasteiger partial charge in [-0.1, -0.05) is 25.3 Å². The third kappa shape index (κ3) is 4.67. The van der Waals surface area contributed by atoms with Crippen LogP contribution in [0.25, 0.3) is 21.3 Å². The number of benzene rings is 1. The van der Waals surface area contributed by atoms with Crippen LogP contribution in [0.2, 0.25) is 0 Å². The van der Waals surface area contributed by atoms with Crippen molar-refractivity contribution in [1.82, 2.24) is 20.1 Å². The number of fused-ring (bicyclic) bond motifs is 1. The number of aliphatic hydroxyl groups is 1. The highest BCUT2D eigenvalue weighted by molar-refractivity contribution is 7.17. The van der Waals surface area contributed by atoms with Gasteiger partial charge in [0.25, 0.3) is 5.91 Å². The molecule has 1 saturated carbocycles. The lowest BCUT2D eigenvalue weighted by Crippen LogP contribution is -2.42. The molecule has 34 heavy (non-hydrogen) atoms. The Labute approximate surface area is 200 Å². The summed E-state index contributed by atoms with van der Waals surface area (Å²) < 4.78 is 23.3. The summed E-state index contributed by atoms with van der Waals surface area (Å²) >= 11 is 1.41. The molecule has 0 unspecified atom stereocenters. The van der Waals surface area contributed by atoms with Gasteiger partial charge in [0, 0.05) is 24.9 Å². The number of aryl methyl sites for hydroxylation is 1. The van der Waals surface area contributed by atoms with Gasteiger partial charge in [0.05, 0.1) is 28.6 Å². The average Bonchev–Trinajstić information content (AvgIpc) is 3.43. The highest BCUT2D eigenvalue weighted by Crippen LogP contribution is 2.36. The van der Waals surface area contributed by atoms with Gasteiger partial charge in [-0.15, -0.1) is 11.3 Å². The lowest BCUT2D eigenvalue weighted by molar-refractivity contribution is 0.0814. The molecule has 7 nitrogen and oxygen atoms in total. The van der Waals surface area contributed by atoms with Crippen LogP contribution in [0.3, 0.4) is 0 Å². The molecule has 4 aromatic rings. The van der Waals surface area contributed by atoms with Crippen LogP contribution in [0.15, 0.2) is 48.1 Å². The van der Waals surface area contributed by atoms with Crippen LogP contribution in [-0.4, -0.2) is 37.9 Å². The first-order chi connectivity index (χ1) is 16.5. The van der Waals surface area contributed by atoms with Crippen LogP contribution in [-0.2, 0) is 7.05 Å². The fourth-order valence-electron chi connectivity index (χ4n) is 4.27. The van der Waals surface area contributed by atoms with Crippen LogP contribution in [0.5, 0.6) is 11.5 Å². The predicted molar refractivity (Wildman–Crippen MR) is 129 cm³/mol. The molecule has 1 aliphatic rings. The molecule has 9 heteroatoms. The maximum atomic E-state index is 14.9. The molecule has 3 heterocycles. The van der Waals surface area contributed by atoms with Gasteiger partial charge in [-0.2, -0.15) is 5.10 Å². The Kier molecular flexibility index (Phi) is 6.30. The standard InChI is InChI=1S/C25H25FN4O3S/c1-30-14-16(13-27-30)15-7-8-22(17(26)11-15)33-23-12-20(28-19-9-10-34-24(19)23)25(32)29-18-5-3-2-4-6-21(18)31/h7-14,18,21,31H,2-6H2,1H3,(H,29,32)/t18-,21-/m0/s1. The number of ether oxygens (including phenoxy) is 1. The van der Waals surface area contributed by atoms with Gasteiger partial charge in [0.2, 0.25) is 0 Å². The minimum Gasteiger partial charge on any atom is -0.453 e. The third-order valence-corrected chi connectivity index (χ3v) is 7.01. The van der Waals surface area contributed by atoms with Gasteiger partial charge in [-0.3, -0.25) is 9.48 Å². The highest BCUT2D eigenvalue weighted by atomic mass is 32.1. The van der Waals surface area contributed by atoms with Crippen LogP contribution >= 0.6 is 11.3 Å². The second-order valence-corrected chi connectivity index (χ2v) is 9.49. The molecule has 3 aromatic heterocycles. The second-order valence-electron chi connectivity index (χ2n) is 8.58. The Balaban J connectivity index is 1.41. The molecular formula is C25H25FN4O3S. The number of amides is 1. The number of pyridine rings is 1. The molecular weight excluding hydrogens is 455 g/mol. The Hall–Kier alpha value is -3.30. The van der Waals surface area contributed by atoms with E-state index in [1.165, 1.54) is 23.5 Å². The number of halogens is 1. The fourth-order valence-corrected chi connectivity index (χ4v) is 5.05. The van der Waals surface area contributed by atoms with Gasteiger partial charge in [-0.05, 0) is 42.0 Å². The minimum atomic E-state index is -0.570. The predicted octanol–water partition coefficient (Wildman–Crippen LogP) is 5.05. The molecule has 1 amide bonds. The number of carbonyl (C=O) groups is 1. The summed E-state index contributed by atoms with van der Waals surface area (Å²) in [5.74, 6) is -0.481. The van der Waals surface area contributed by atoms with E-state index in [9.17, 15) is 14.3 Å². The third-order valence-electron chi connectivity index (χ3n) is 6.10. The Morgan fingerprint density at radius 2 is 2.03 bits per heavy atom. The first-order valence-corrected chi connectivity index (χ1v) is 12.2. The molecule has 0 saturated heterocycles. The number of rotatable bonds is 5. The SMILES string of the molecule is Cn1cc(-c2ccc(Oc3cc(C(=O)N[C@H]4CCCCC[C@@H]4O)nc4ccsc34)c(F)c2)cn1. The van der Waals surface area contributed by atoms with E-state index in [4.69, 9.17) is 4.74 Å². The number of nitrogens with zero attached hydrogens (tertiary/aromatic N) is 3. The van der Waals surface area contributed by atoms with Gasteiger partial charge in [0.15, 0.2) is 11.6 Å². The van der Waals surface area contributed by atoms with Crippen molar-refractivity contribution >= 4 is 27.5 Å². The Bertz CT molecular complexity index is 1330. The molecule has 0 aliphatic heterocycles. The van der Waals surface area contributed by atoms with Crippen LogP contribution in [0, 0.1) is 5.82 Å². The smallest absolute Gasteiger partial charge is 0.270 e. The van der Waals surface area contributed by atoms with Gasteiger partial charge < -0.3 is 15.2 Å². The van der Waals surface area contributed by atoms with Gasteiger partial charge in [0.1, 0.15) is 11.4 Å². The van der Waals surface area contributed by atoms with Crippen molar-refractivity contribution in [2.24, 2.45) is 7.05 Å². The summed E-state index contributed by atoms with van der Waals surface area (Å²) in [4.78, 5) is 17.5. The largest absolute Gasteiger partial charge is 0.453 e. The average molecular weight is 481 g/mol. The van der Waals surface area contributed by atoms with Crippen molar-refractivity contribution in [3.8, 4) is 22.6 Å². The maximum absolute atomic E-state index is 14.9. The molecule has 1 aliphatic carbocycles. The lowest BCUT2D eigenvalue weighted by Gasteiger charge is -2.21. The molecule has 1 fully saturated rings.